The summed E-state index contributed by atoms with van der Waals surface area (Å²) < 4.78 is 39.7. The smallest absolute Gasteiger partial charge is 0.333 e. The zero-order chi connectivity index (χ0) is 25.1. The van der Waals surface area contributed by atoms with Crippen LogP contribution in [0, 0.1) is 0 Å². The highest BCUT2D eigenvalue weighted by Crippen LogP contribution is 2.28. The summed E-state index contributed by atoms with van der Waals surface area (Å²) >= 11 is 0. The highest BCUT2D eigenvalue weighted by atomic mass is 19.3. The van der Waals surface area contributed by atoms with E-state index in [2.05, 4.69) is 25.3 Å². The third-order valence-electron chi connectivity index (χ3n) is 5.73. The van der Waals surface area contributed by atoms with Gasteiger partial charge < -0.3 is 19.7 Å². The lowest BCUT2D eigenvalue weighted by atomic mass is 10.1. The van der Waals surface area contributed by atoms with Crippen molar-refractivity contribution in [2.24, 2.45) is 0 Å². The van der Waals surface area contributed by atoms with Gasteiger partial charge in [0.15, 0.2) is 11.9 Å². The number of carbonyl (C=O) groups is 1. The number of esters is 1. The first-order valence-corrected chi connectivity index (χ1v) is 11.3. The Bertz CT molecular complexity index is 1360. The van der Waals surface area contributed by atoms with Crippen LogP contribution in [-0.4, -0.2) is 63.9 Å². The summed E-state index contributed by atoms with van der Waals surface area (Å²) in [4.78, 5) is 32.1. The number of ether oxygens (including phenoxy) is 2. The van der Waals surface area contributed by atoms with Crippen molar-refractivity contribution in [3.63, 3.8) is 0 Å². The van der Waals surface area contributed by atoms with Crippen molar-refractivity contribution in [2.75, 3.05) is 43.6 Å². The summed E-state index contributed by atoms with van der Waals surface area (Å²) in [5.41, 5.74) is 1.43. The number of imidazole rings is 1. The van der Waals surface area contributed by atoms with Crippen LogP contribution in [0.25, 0.3) is 17.0 Å². The molecule has 0 aliphatic carbocycles. The van der Waals surface area contributed by atoms with E-state index in [0.717, 1.165) is 0 Å². The van der Waals surface area contributed by atoms with E-state index in [-0.39, 0.29) is 17.8 Å². The zero-order valence-electron chi connectivity index (χ0n) is 19.3. The molecule has 0 radical (unpaired) electrons. The number of hydrogen-bond acceptors (Lipinski definition) is 9. The molecule has 5 rings (SSSR count). The standard InChI is InChI=1S/C24H23F2N7O3/c1-35-21(34)18(15-7-3-2-4-8-15)28-22-29-23(32-11-13-36-14-12-32)31-24(30-22)33-17-10-6-5-9-16(17)27-20(33)19(25)26/h2-10,18-19H,11-14H2,1H3,(H,28,29,30,31)/t18-/m0/s1. The van der Waals surface area contributed by atoms with Crippen LogP contribution in [0.4, 0.5) is 20.7 Å². The molecule has 0 spiro atoms. The zero-order valence-corrected chi connectivity index (χ0v) is 19.3. The Morgan fingerprint density at radius 2 is 1.67 bits per heavy atom. The van der Waals surface area contributed by atoms with Crippen LogP contribution < -0.4 is 10.2 Å². The quantitative estimate of drug-likeness (QED) is 0.387. The van der Waals surface area contributed by atoms with E-state index in [1.807, 2.05) is 11.0 Å². The molecule has 12 heteroatoms. The number of para-hydroxylation sites is 2. The van der Waals surface area contributed by atoms with Gasteiger partial charge in [-0.15, -0.1) is 0 Å². The Balaban J connectivity index is 1.65. The highest BCUT2D eigenvalue weighted by Gasteiger charge is 2.27. The Morgan fingerprint density at radius 1 is 0.972 bits per heavy atom. The number of aromatic nitrogens is 5. The van der Waals surface area contributed by atoms with Crippen molar-refractivity contribution in [3.8, 4) is 5.95 Å². The lowest BCUT2D eigenvalue weighted by Gasteiger charge is -2.27. The fourth-order valence-electron chi connectivity index (χ4n) is 4.00. The van der Waals surface area contributed by atoms with Crippen LogP contribution in [0.15, 0.2) is 54.6 Å². The number of carbonyl (C=O) groups excluding carboxylic acids is 1. The van der Waals surface area contributed by atoms with Crippen LogP contribution in [-0.2, 0) is 14.3 Å². The summed E-state index contributed by atoms with van der Waals surface area (Å²) in [7, 11) is 1.28. The molecule has 3 heterocycles. The van der Waals surface area contributed by atoms with E-state index in [1.54, 1.807) is 48.5 Å². The molecule has 186 valence electrons. The fourth-order valence-corrected chi connectivity index (χ4v) is 4.00. The van der Waals surface area contributed by atoms with Crippen LogP contribution in [0.2, 0.25) is 0 Å². The molecule has 1 N–H and O–H groups in total. The fraction of sp³-hybridized carbons (Fsp3) is 0.292. The highest BCUT2D eigenvalue weighted by molar-refractivity contribution is 5.80. The summed E-state index contributed by atoms with van der Waals surface area (Å²) in [6.07, 6.45) is -2.87. The predicted molar refractivity (Wildman–Crippen MR) is 127 cm³/mol. The Morgan fingerprint density at radius 3 is 2.39 bits per heavy atom. The van der Waals surface area contributed by atoms with E-state index in [0.29, 0.717) is 42.9 Å². The minimum atomic E-state index is -2.87. The number of methoxy groups -OCH3 is 1. The number of halogens is 2. The summed E-state index contributed by atoms with van der Waals surface area (Å²) in [6, 6.07) is 14.7. The maximum Gasteiger partial charge on any atom is 0.333 e. The topological polar surface area (TPSA) is 107 Å². The van der Waals surface area contributed by atoms with Gasteiger partial charge in [0, 0.05) is 13.1 Å². The van der Waals surface area contributed by atoms with Gasteiger partial charge in [-0.3, -0.25) is 4.57 Å². The van der Waals surface area contributed by atoms with Crippen molar-refractivity contribution in [3.05, 3.63) is 66.0 Å². The molecule has 0 saturated carbocycles. The average Bonchev–Trinajstić information content (AvgIpc) is 3.32. The van der Waals surface area contributed by atoms with E-state index in [1.165, 1.54) is 11.7 Å². The number of nitrogens with zero attached hydrogens (tertiary/aromatic N) is 6. The SMILES string of the molecule is COC(=O)[C@@H](Nc1nc(N2CCOCC2)nc(-n2c(C(F)F)nc3ccccc32)n1)c1ccccc1. The maximum atomic E-state index is 14.0. The molecular formula is C24H23F2N7O3. The van der Waals surface area contributed by atoms with Crippen LogP contribution in [0.5, 0.6) is 0 Å². The largest absolute Gasteiger partial charge is 0.467 e. The molecule has 0 unspecified atom stereocenters. The molecule has 1 fully saturated rings. The number of hydrogen-bond donors (Lipinski definition) is 1. The molecule has 1 saturated heterocycles. The van der Waals surface area contributed by atoms with Gasteiger partial charge >= 0.3 is 5.97 Å². The van der Waals surface area contributed by atoms with Crippen molar-refractivity contribution < 1.29 is 23.0 Å². The summed E-state index contributed by atoms with van der Waals surface area (Å²) in [5.74, 6) is -0.805. The van der Waals surface area contributed by atoms with Crippen LogP contribution in [0.1, 0.15) is 23.9 Å². The molecule has 0 amide bonds. The number of alkyl halides is 2. The third-order valence-corrected chi connectivity index (χ3v) is 5.73. The first-order chi connectivity index (χ1) is 17.5. The van der Waals surface area contributed by atoms with Crippen LogP contribution in [0.3, 0.4) is 0 Å². The number of fused-ring (bicyclic) bond motifs is 1. The van der Waals surface area contributed by atoms with Crippen molar-refractivity contribution in [1.29, 1.82) is 0 Å². The number of rotatable bonds is 7. The van der Waals surface area contributed by atoms with Gasteiger partial charge in [0.2, 0.25) is 17.8 Å². The third kappa shape index (κ3) is 4.67. The van der Waals surface area contributed by atoms with Crippen molar-refractivity contribution in [2.45, 2.75) is 12.5 Å². The van der Waals surface area contributed by atoms with Crippen molar-refractivity contribution in [1.82, 2.24) is 24.5 Å². The molecule has 36 heavy (non-hydrogen) atoms. The van der Waals surface area contributed by atoms with Crippen LogP contribution >= 0.6 is 0 Å². The molecule has 1 aliphatic heterocycles. The van der Waals surface area contributed by atoms with Gasteiger partial charge in [-0.2, -0.15) is 15.0 Å². The molecule has 2 aromatic heterocycles. The maximum absolute atomic E-state index is 14.0. The van der Waals surface area contributed by atoms with E-state index in [4.69, 9.17) is 9.47 Å². The molecule has 1 aliphatic rings. The van der Waals surface area contributed by atoms with Gasteiger partial charge in [-0.1, -0.05) is 42.5 Å². The number of anilines is 2. The van der Waals surface area contributed by atoms with Gasteiger partial charge in [0.25, 0.3) is 6.43 Å². The second-order valence-corrected chi connectivity index (χ2v) is 7.96. The lowest BCUT2D eigenvalue weighted by Crippen LogP contribution is -2.38. The molecular weight excluding hydrogens is 472 g/mol. The minimum Gasteiger partial charge on any atom is -0.467 e. The monoisotopic (exact) mass is 495 g/mol. The van der Waals surface area contributed by atoms with Gasteiger partial charge in [-0.25, -0.2) is 18.6 Å². The first kappa shape index (κ1) is 23.5. The summed E-state index contributed by atoms with van der Waals surface area (Å²) in [5, 5.41) is 3.01. The van der Waals surface area contributed by atoms with Gasteiger partial charge in [0.05, 0.1) is 31.4 Å². The second-order valence-electron chi connectivity index (χ2n) is 7.96. The first-order valence-electron chi connectivity index (χ1n) is 11.3. The molecule has 4 aromatic rings. The van der Waals surface area contributed by atoms with Crippen molar-refractivity contribution >= 4 is 28.9 Å². The molecule has 2 aromatic carbocycles. The Labute approximate surface area is 204 Å². The second kappa shape index (κ2) is 10.2. The summed E-state index contributed by atoms with van der Waals surface area (Å²) in [6.45, 7) is 1.95. The lowest BCUT2D eigenvalue weighted by molar-refractivity contribution is -0.141. The van der Waals surface area contributed by atoms with E-state index >= 15 is 0 Å². The molecule has 1 atom stereocenters. The number of benzene rings is 2. The minimum absolute atomic E-state index is 0.0266. The van der Waals surface area contributed by atoms with Gasteiger partial charge in [0.1, 0.15) is 0 Å². The van der Waals surface area contributed by atoms with Gasteiger partial charge in [-0.05, 0) is 17.7 Å². The Kier molecular flexibility index (Phi) is 6.67. The van der Waals surface area contributed by atoms with E-state index < -0.39 is 24.3 Å². The predicted octanol–water partition coefficient (Wildman–Crippen LogP) is 3.31. The molecule has 0 bridgehead atoms. The molecule has 10 nitrogen and oxygen atoms in total. The van der Waals surface area contributed by atoms with E-state index in [9.17, 15) is 13.6 Å². The number of nitrogens with one attached hydrogen (secondary N) is 1. The Hall–Kier alpha value is -4.19. The average molecular weight is 495 g/mol. The number of morpholine rings is 1. The normalized spacial score (nSPS) is 14.7.